The molecule has 1 saturated heterocycles. The quantitative estimate of drug-likeness (QED) is 0.859. The Labute approximate surface area is 132 Å². The molecule has 0 aliphatic carbocycles. The molecule has 1 N–H and O–H groups in total. The topological polar surface area (TPSA) is 66.8 Å². The van der Waals surface area contributed by atoms with Crippen molar-refractivity contribution in [2.24, 2.45) is 0 Å². The van der Waals surface area contributed by atoms with E-state index in [1.807, 2.05) is 13.0 Å². The van der Waals surface area contributed by atoms with Crippen LogP contribution >= 0.6 is 23.4 Å². The largest absolute Gasteiger partial charge is 0.479 e. The van der Waals surface area contributed by atoms with Crippen molar-refractivity contribution < 1.29 is 19.4 Å². The Kier molecular flexibility index (Phi) is 5.50. The van der Waals surface area contributed by atoms with Gasteiger partial charge in [-0.1, -0.05) is 18.5 Å². The lowest BCUT2D eigenvalue weighted by molar-refractivity contribution is -0.154. The number of nitrogens with zero attached hydrogens (tertiary/aromatic N) is 1. The van der Waals surface area contributed by atoms with E-state index < -0.39 is 12.1 Å². The van der Waals surface area contributed by atoms with E-state index in [-0.39, 0.29) is 19.1 Å². The molecule has 0 saturated carbocycles. The number of aliphatic carboxylic acids is 1. The fourth-order valence-electron chi connectivity index (χ4n) is 2.10. The molecule has 1 aromatic rings. The van der Waals surface area contributed by atoms with Crippen LogP contribution in [0.5, 0.6) is 0 Å². The third-order valence-electron chi connectivity index (χ3n) is 3.10. The number of benzene rings is 1. The molecule has 1 amide bonds. The van der Waals surface area contributed by atoms with Gasteiger partial charge in [0.05, 0.1) is 18.7 Å². The highest BCUT2D eigenvalue weighted by Crippen LogP contribution is 2.27. The molecule has 0 bridgehead atoms. The van der Waals surface area contributed by atoms with Gasteiger partial charge < -0.3 is 14.7 Å². The lowest BCUT2D eigenvalue weighted by Gasteiger charge is -2.31. The van der Waals surface area contributed by atoms with Crippen LogP contribution < -0.4 is 0 Å². The number of hydrogen-bond donors (Lipinski definition) is 1. The average molecular weight is 330 g/mol. The van der Waals surface area contributed by atoms with Crippen LogP contribution in [0.25, 0.3) is 0 Å². The highest BCUT2D eigenvalue weighted by atomic mass is 35.5. The first-order valence-corrected chi connectivity index (χ1v) is 7.95. The van der Waals surface area contributed by atoms with Crippen LogP contribution in [0.4, 0.5) is 0 Å². The number of carbonyl (C=O) groups is 2. The van der Waals surface area contributed by atoms with E-state index in [2.05, 4.69) is 0 Å². The van der Waals surface area contributed by atoms with E-state index in [9.17, 15) is 9.59 Å². The Bertz CT molecular complexity index is 552. The fraction of sp³-hybridized carbons (Fsp3) is 0.429. The summed E-state index contributed by atoms with van der Waals surface area (Å²) in [6.07, 6.45) is -0.968. The highest BCUT2D eigenvalue weighted by Gasteiger charge is 2.30. The van der Waals surface area contributed by atoms with E-state index >= 15 is 0 Å². The Morgan fingerprint density at radius 1 is 1.52 bits per heavy atom. The molecule has 1 aliphatic rings. The number of hydrogen-bond acceptors (Lipinski definition) is 4. The predicted octanol–water partition coefficient (Wildman–Crippen LogP) is 2.38. The van der Waals surface area contributed by atoms with Gasteiger partial charge in [0.15, 0.2) is 6.10 Å². The van der Waals surface area contributed by atoms with E-state index in [0.29, 0.717) is 17.1 Å². The lowest BCUT2D eigenvalue weighted by Crippen LogP contribution is -2.48. The summed E-state index contributed by atoms with van der Waals surface area (Å²) >= 11 is 7.54. The van der Waals surface area contributed by atoms with Crippen molar-refractivity contribution >= 4 is 35.2 Å². The van der Waals surface area contributed by atoms with Crippen molar-refractivity contribution in [1.82, 2.24) is 4.90 Å². The van der Waals surface area contributed by atoms with Crippen LogP contribution in [0.15, 0.2) is 23.1 Å². The van der Waals surface area contributed by atoms with Gasteiger partial charge in [0, 0.05) is 16.5 Å². The maximum Gasteiger partial charge on any atom is 0.334 e. The van der Waals surface area contributed by atoms with Gasteiger partial charge in [0.2, 0.25) is 0 Å². The third kappa shape index (κ3) is 3.90. The first-order chi connectivity index (χ1) is 10.0. The minimum absolute atomic E-state index is 0.0525. The van der Waals surface area contributed by atoms with Gasteiger partial charge in [-0.15, -0.1) is 11.8 Å². The number of thioether (sulfide) groups is 1. The molecule has 21 heavy (non-hydrogen) atoms. The molecule has 1 aromatic carbocycles. The van der Waals surface area contributed by atoms with Crippen LogP contribution in [0.2, 0.25) is 5.02 Å². The zero-order valence-electron chi connectivity index (χ0n) is 11.5. The Hall–Kier alpha value is -1.24. The molecule has 1 aliphatic heterocycles. The minimum Gasteiger partial charge on any atom is -0.479 e. The van der Waals surface area contributed by atoms with E-state index in [1.54, 1.807) is 23.9 Å². The maximum absolute atomic E-state index is 12.6. The molecule has 2 rings (SSSR count). The van der Waals surface area contributed by atoms with Gasteiger partial charge in [-0.2, -0.15) is 0 Å². The van der Waals surface area contributed by atoms with Gasteiger partial charge in [-0.25, -0.2) is 4.79 Å². The van der Waals surface area contributed by atoms with E-state index in [1.165, 1.54) is 4.90 Å². The summed E-state index contributed by atoms with van der Waals surface area (Å²) in [7, 11) is 0. The molecular formula is C14H16ClNO4S. The second-order valence-electron chi connectivity index (χ2n) is 4.52. The van der Waals surface area contributed by atoms with Crippen LogP contribution in [0.1, 0.15) is 17.3 Å². The molecule has 7 heteroatoms. The third-order valence-corrected chi connectivity index (χ3v) is 4.29. The first kappa shape index (κ1) is 16.1. The molecule has 1 heterocycles. The summed E-state index contributed by atoms with van der Waals surface area (Å²) in [5.74, 6) is -0.423. The molecule has 114 valence electrons. The molecule has 0 radical (unpaired) electrons. The van der Waals surface area contributed by atoms with Crippen molar-refractivity contribution in [3.63, 3.8) is 0 Å². The number of rotatable bonds is 4. The summed E-state index contributed by atoms with van der Waals surface area (Å²) in [6.45, 7) is 2.66. The number of amides is 1. The van der Waals surface area contributed by atoms with Crippen LogP contribution in [-0.2, 0) is 9.53 Å². The number of ether oxygens (including phenoxy) is 1. The van der Waals surface area contributed by atoms with Crippen molar-refractivity contribution in [2.45, 2.75) is 17.9 Å². The summed E-state index contributed by atoms with van der Waals surface area (Å²) in [6, 6.07) is 5.20. The van der Waals surface area contributed by atoms with Gasteiger partial charge >= 0.3 is 5.97 Å². The molecule has 0 aromatic heterocycles. The SMILES string of the molecule is CCSc1ccc(Cl)cc1C(=O)N1CCOC(C(=O)O)C1. The summed E-state index contributed by atoms with van der Waals surface area (Å²) in [5, 5.41) is 9.49. The number of carboxylic acid groups (broad SMARTS) is 1. The predicted molar refractivity (Wildman–Crippen MR) is 81.1 cm³/mol. The molecule has 1 fully saturated rings. The normalized spacial score (nSPS) is 18.6. The van der Waals surface area contributed by atoms with E-state index in [0.717, 1.165) is 10.6 Å². The zero-order chi connectivity index (χ0) is 15.4. The number of carbonyl (C=O) groups excluding carboxylic acids is 1. The first-order valence-electron chi connectivity index (χ1n) is 6.59. The van der Waals surface area contributed by atoms with Crippen molar-refractivity contribution in [3.8, 4) is 0 Å². The van der Waals surface area contributed by atoms with Gasteiger partial charge in [-0.05, 0) is 24.0 Å². The standard InChI is InChI=1S/C14H16ClNO4S/c1-2-21-12-4-3-9(15)7-10(12)13(17)16-5-6-20-11(8-16)14(18)19/h3-4,7,11H,2,5-6,8H2,1H3,(H,18,19). The fourth-order valence-corrected chi connectivity index (χ4v) is 3.05. The molecule has 5 nitrogen and oxygen atoms in total. The summed E-state index contributed by atoms with van der Waals surface area (Å²) in [5.41, 5.74) is 0.514. The molecule has 0 spiro atoms. The Morgan fingerprint density at radius 2 is 2.29 bits per heavy atom. The Balaban J connectivity index is 2.22. The van der Waals surface area contributed by atoms with Crippen LogP contribution in [0.3, 0.4) is 0 Å². The molecule has 1 atom stereocenters. The summed E-state index contributed by atoms with van der Waals surface area (Å²) < 4.78 is 5.13. The smallest absolute Gasteiger partial charge is 0.334 e. The minimum atomic E-state index is -1.05. The lowest BCUT2D eigenvalue weighted by atomic mass is 10.1. The second-order valence-corrected chi connectivity index (χ2v) is 6.26. The maximum atomic E-state index is 12.6. The van der Waals surface area contributed by atoms with Crippen molar-refractivity contribution in [1.29, 1.82) is 0 Å². The van der Waals surface area contributed by atoms with Crippen molar-refractivity contribution in [3.05, 3.63) is 28.8 Å². The average Bonchev–Trinajstić information content (AvgIpc) is 2.48. The number of carboxylic acids is 1. The number of halogens is 1. The Morgan fingerprint density at radius 3 is 2.95 bits per heavy atom. The molecule has 1 unspecified atom stereocenters. The highest BCUT2D eigenvalue weighted by molar-refractivity contribution is 7.99. The van der Waals surface area contributed by atoms with Gasteiger partial charge in [0.1, 0.15) is 0 Å². The van der Waals surface area contributed by atoms with Gasteiger partial charge in [0.25, 0.3) is 5.91 Å². The van der Waals surface area contributed by atoms with E-state index in [4.69, 9.17) is 21.4 Å². The monoisotopic (exact) mass is 329 g/mol. The van der Waals surface area contributed by atoms with Gasteiger partial charge in [-0.3, -0.25) is 4.79 Å². The van der Waals surface area contributed by atoms with Crippen LogP contribution in [0, 0.1) is 0 Å². The zero-order valence-corrected chi connectivity index (χ0v) is 13.1. The van der Waals surface area contributed by atoms with Crippen molar-refractivity contribution in [2.75, 3.05) is 25.4 Å². The van der Waals surface area contributed by atoms with Crippen LogP contribution in [-0.4, -0.2) is 53.4 Å². The number of morpholine rings is 1. The second kappa shape index (κ2) is 7.15. The summed E-state index contributed by atoms with van der Waals surface area (Å²) in [4.78, 5) is 26.0. The molecular weight excluding hydrogens is 314 g/mol.